The Morgan fingerprint density at radius 2 is 2.15 bits per heavy atom. The summed E-state index contributed by atoms with van der Waals surface area (Å²) in [5.41, 5.74) is 7.95. The fraction of sp³-hybridized carbons (Fsp3) is 0.200. The SMILES string of the molecule is CSc1sc2cc(N)ccc2c1C. The van der Waals surface area contributed by atoms with E-state index in [0.717, 1.165) is 5.69 Å². The molecule has 0 bridgehead atoms. The molecule has 0 spiro atoms. The molecule has 0 aliphatic heterocycles. The Bertz CT molecular complexity index is 445. The van der Waals surface area contributed by atoms with E-state index in [1.807, 2.05) is 23.5 Å². The third kappa shape index (κ3) is 1.42. The quantitative estimate of drug-likeness (QED) is 0.574. The Labute approximate surface area is 85.9 Å². The molecule has 2 rings (SSSR count). The van der Waals surface area contributed by atoms with E-state index in [2.05, 4.69) is 19.2 Å². The van der Waals surface area contributed by atoms with Crippen molar-refractivity contribution in [3.8, 4) is 0 Å². The Morgan fingerprint density at radius 1 is 1.38 bits per heavy atom. The lowest BCUT2D eigenvalue weighted by Crippen LogP contribution is -1.81. The first kappa shape index (κ1) is 8.91. The largest absolute Gasteiger partial charge is 0.399 e. The van der Waals surface area contributed by atoms with E-state index in [0.29, 0.717) is 0 Å². The molecule has 68 valence electrons. The van der Waals surface area contributed by atoms with Gasteiger partial charge in [0.05, 0.1) is 4.21 Å². The highest BCUT2D eigenvalue weighted by Gasteiger charge is 2.06. The van der Waals surface area contributed by atoms with Crippen molar-refractivity contribution in [3.05, 3.63) is 23.8 Å². The third-order valence-corrected chi connectivity index (χ3v) is 4.58. The lowest BCUT2D eigenvalue weighted by Gasteiger charge is -1.93. The van der Waals surface area contributed by atoms with Crippen LogP contribution in [-0.4, -0.2) is 6.26 Å². The zero-order valence-electron chi connectivity index (χ0n) is 7.63. The van der Waals surface area contributed by atoms with Gasteiger partial charge in [0.15, 0.2) is 0 Å². The van der Waals surface area contributed by atoms with Gasteiger partial charge in [0.2, 0.25) is 0 Å². The molecule has 0 saturated heterocycles. The summed E-state index contributed by atoms with van der Waals surface area (Å²) < 4.78 is 2.68. The zero-order chi connectivity index (χ0) is 9.42. The lowest BCUT2D eigenvalue weighted by molar-refractivity contribution is 1.47. The molecular weight excluding hydrogens is 198 g/mol. The Morgan fingerprint density at radius 3 is 2.85 bits per heavy atom. The number of anilines is 1. The molecule has 0 amide bonds. The summed E-state index contributed by atoms with van der Waals surface area (Å²) in [5, 5.41) is 1.34. The number of thioether (sulfide) groups is 1. The molecule has 0 aliphatic rings. The summed E-state index contributed by atoms with van der Waals surface area (Å²) in [7, 11) is 0. The second-order valence-electron chi connectivity index (χ2n) is 2.97. The second kappa shape index (κ2) is 3.24. The minimum Gasteiger partial charge on any atom is -0.399 e. The lowest BCUT2D eigenvalue weighted by atomic mass is 10.2. The molecule has 0 unspecified atom stereocenters. The van der Waals surface area contributed by atoms with E-state index < -0.39 is 0 Å². The van der Waals surface area contributed by atoms with Crippen molar-refractivity contribution in [2.75, 3.05) is 12.0 Å². The molecule has 0 radical (unpaired) electrons. The van der Waals surface area contributed by atoms with Gasteiger partial charge < -0.3 is 5.73 Å². The van der Waals surface area contributed by atoms with Crippen molar-refractivity contribution < 1.29 is 0 Å². The highest BCUT2D eigenvalue weighted by molar-refractivity contribution is 8.00. The van der Waals surface area contributed by atoms with Gasteiger partial charge in [0.25, 0.3) is 0 Å². The fourth-order valence-corrected chi connectivity index (χ4v) is 3.42. The predicted molar refractivity (Wildman–Crippen MR) is 62.8 cm³/mol. The summed E-state index contributed by atoms with van der Waals surface area (Å²) in [6.07, 6.45) is 2.11. The van der Waals surface area contributed by atoms with Gasteiger partial charge in [0, 0.05) is 10.4 Å². The molecule has 1 aromatic carbocycles. The van der Waals surface area contributed by atoms with Crippen LogP contribution in [0.3, 0.4) is 0 Å². The molecule has 2 N–H and O–H groups in total. The number of thiophene rings is 1. The molecule has 2 aromatic rings. The standard InChI is InChI=1S/C10H11NS2/c1-6-8-4-3-7(11)5-9(8)13-10(6)12-2/h3-5H,11H2,1-2H3. The van der Waals surface area contributed by atoms with Gasteiger partial charge in [0.1, 0.15) is 0 Å². The normalized spacial score (nSPS) is 10.9. The smallest absolute Gasteiger partial charge is 0.0637 e. The van der Waals surface area contributed by atoms with E-state index in [1.165, 1.54) is 19.9 Å². The summed E-state index contributed by atoms with van der Waals surface area (Å²) in [4.78, 5) is 0. The van der Waals surface area contributed by atoms with Gasteiger partial charge >= 0.3 is 0 Å². The molecule has 1 heterocycles. The number of rotatable bonds is 1. The Kier molecular flexibility index (Phi) is 2.22. The van der Waals surface area contributed by atoms with Crippen LogP contribution in [0.1, 0.15) is 5.56 Å². The van der Waals surface area contributed by atoms with E-state index in [1.54, 1.807) is 11.8 Å². The molecular formula is C10H11NS2. The maximum Gasteiger partial charge on any atom is 0.0637 e. The molecule has 0 atom stereocenters. The maximum atomic E-state index is 5.72. The van der Waals surface area contributed by atoms with Gasteiger partial charge in [-0.2, -0.15) is 0 Å². The average Bonchev–Trinajstić information content (AvgIpc) is 2.42. The van der Waals surface area contributed by atoms with Crippen molar-refractivity contribution in [1.82, 2.24) is 0 Å². The van der Waals surface area contributed by atoms with Crippen LogP contribution >= 0.6 is 23.1 Å². The van der Waals surface area contributed by atoms with E-state index >= 15 is 0 Å². The van der Waals surface area contributed by atoms with E-state index in [-0.39, 0.29) is 0 Å². The fourth-order valence-electron chi connectivity index (χ4n) is 1.41. The number of benzene rings is 1. The second-order valence-corrected chi connectivity index (χ2v) is 5.10. The van der Waals surface area contributed by atoms with Crippen molar-refractivity contribution in [3.63, 3.8) is 0 Å². The van der Waals surface area contributed by atoms with Crippen LogP contribution in [0.5, 0.6) is 0 Å². The van der Waals surface area contributed by atoms with Crippen LogP contribution in [0.4, 0.5) is 5.69 Å². The molecule has 0 saturated carbocycles. The molecule has 3 heteroatoms. The van der Waals surface area contributed by atoms with E-state index in [9.17, 15) is 0 Å². The van der Waals surface area contributed by atoms with Gasteiger partial charge in [-0.15, -0.1) is 23.1 Å². The van der Waals surface area contributed by atoms with Gasteiger partial charge in [-0.1, -0.05) is 6.07 Å². The maximum absolute atomic E-state index is 5.72. The zero-order valence-corrected chi connectivity index (χ0v) is 9.26. The van der Waals surface area contributed by atoms with Gasteiger partial charge in [-0.25, -0.2) is 0 Å². The first-order valence-corrected chi connectivity index (χ1v) is 6.09. The number of aryl methyl sites for hydroxylation is 1. The van der Waals surface area contributed by atoms with Crippen LogP contribution < -0.4 is 5.73 Å². The number of nitrogen functional groups attached to an aromatic ring is 1. The molecule has 13 heavy (non-hydrogen) atoms. The number of nitrogens with two attached hydrogens (primary N) is 1. The first-order valence-electron chi connectivity index (χ1n) is 4.05. The van der Waals surface area contributed by atoms with Crippen molar-refractivity contribution in [2.24, 2.45) is 0 Å². The highest BCUT2D eigenvalue weighted by atomic mass is 32.2. The van der Waals surface area contributed by atoms with Crippen LogP contribution in [0.25, 0.3) is 10.1 Å². The summed E-state index contributed by atoms with van der Waals surface area (Å²) in [5.74, 6) is 0. The summed E-state index contributed by atoms with van der Waals surface area (Å²) in [6.45, 7) is 2.17. The van der Waals surface area contributed by atoms with Crippen LogP contribution in [0.2, 0.25) is 0 Å². The van der Waals surface area contributed by atoms with Gasteiger partial charge in [-0.05, 0) is 36.3 Å². The first-order chi connectivity index (χ1) is 6.22. The van der Waals surface area contributed by atoms with Crippen molar-refractivity contribution in [2.45, 2.75) is 11.1 Å². The minimum absolute atomic E-state index is 0.849. The van der Waals surface area contributed by atoms with Gasteiger partial charge in [-0.3, -0.25) is 0 Å². The Balaban J connectivity index is 2.76. The topological polar surface area (TPSA) is 26.0 Å². The predicted octanol–water partition coefficient (Wildman–Crippen LogP) is 3.51. The molecule has 0 fully saturated rings. The van der Waals surface area contributed by atoms with Crippen molar-refractivity contribution >= 4 is 38.9 Å². The molecule has 0 aliphatic carbocycles. The third-order valence-electron chi connectivity index (χ3n) is 2.10. The molecule has 1 nitrogen and oxygen atoms in total. The molecule has 1 aromatic heterocycles. The number of fused-ring (bicyclic) bond motifs is 1. The van der Waals surface area contributed by atoms with Crippen LogP contribution in [0.15, 0.2) is 22.4 Å². The Hall–Kier alpha value is -0.670. The number of hydrogen-bond donors (Lipinski definition) is 1. The van der Waals surface area contributed by atoms with E-state index in [4.69, 9.17) is 5.73 Å². The monoisotopic (exact) mass is 209 g/mol. The van der Waals surface area contributed by atoms with Crippen LogP contribution in [-0.2, 0) is 0 Å². The summed E-state index contributed by atoms with van der Waals surface area (Å²) in [6, 6.07) is 6.12. The van der Waals surface area contributed by atoms with Crippen LogP contribution in [0, 0.1) is 6.92 Å². The van der Waals surface area contributed by atoms with Crippen molar-refractivity contribution in [1.29, 1.82) is 0 Å². The minimum atomic E-state index is 0.849. The summed E-state index contributed by atoms with van der Waals surface area (Å²) >= 11 is 3.63. The number of hydrogen-bond acceptors (Lipinski definition) is 3. The highest BCUT2D eigenvalue weighted by Crippen LogP contribution is 2.37. The average molecular weight is 209 g/mol.